The van der Waals surface area contributed by atoms with E-state index in [0.717, 1.165) is 22.4 Å². The van der Waals surface area contributed by atoms with Crippen LogP contribution in [0.3, 0.4) is 0 Å². The lowest BCUT2D eigenvalue weighted by atomic mass is 10.1. The first-order valence-corrected chi connectivity index (χ1v) is 12.6. The lowest BCUT2D eigenvalue weighted by molar-refractivity contribution is -0.153. The number of nitrogens with zero attached hydrogens (tertiary/aromatic N) is 2. The van der Waals surface area contributed by atoms with E-state index in [1.807, 2.05) is 59.5 Å². The number of benzene rings is 3. The van der Waals surface area contributed by atoms with Gasteiger partial charge in [0.15, 0.2) is 12.2 Å². The van der Waals surface area contributed by atoms with E-state index in [-0.39, 0.29) is 12.4 Å². The zero-order chi connectivity index (χ0) is 27.1. The van der Waals surface area contributed by atoms with Gasteiger partial charge in [-0.1, -0.05) is 72.3 Å². The van der Waals surface area contributed by atoms with Crippen molar-refractivity contribution in [3.8, 4) is 0 Å². The molecule has 198 valence electrons. The van der Waals surface area contributed by atoms with Crippen molar-refractivity contribution < 1.29 is 24.2 Å². The van der Waals surface area contributed by atoms with E-state index in [0.29, 0.717) is 31.2 Å². The molecule has 7 nitrogen and oxygen atoms in total. The maximum atomic E-state index is 13.0. The highest BCUT2D eigenvalue weighted by Crippen LogP contribution is 2.26. The Morgan fingerprint density at radius 1 is 0.868 bits per heavy atom. The molecule has 0 aliphatic carbocycles. The molecule has 9 heteroatoms. The minimum Gasteiger partial charge on any atom is -0.380 e. The second kappa shape index (κ2) is 12.7. The Hall–Kier alpha value is -3.72. The number of hydrogen-bond acceptors (Lipinski definition) is 5. The predicted octanol–water partition coefficient (Wildman–Crippen LogP) is 3.34. The van der Waals surface area contributed by atoms with E-state index in [1.165, 1.54) is 17.0 Å². The SMILES string of the molecule is O=C(NCc1ccc(/C=C/c2ccc(F)cc2)cc1)[C@H](O)[C@@H](O)C(=O)N1CCN(c2ccccc2Cl)CC1. The molecule has 0 saturated carbocycles. The summed E-state index contributed by atoms with van der Waals surface area (Å²) in [6, 6.07) is 20.9. The van der Waals surface area contributed by atoms with Crippen molar-refractivity contribution in [2.24, 2.45) is 0 Å². The second-order valence-corrected chi connectivity index (χ2v) is 9.40. The molecule has 0 unspecified atom stereocenters. The van der Waals surface area contributed by atoms with Gasteiger partial charge in [0.2, 0.25) is 0 Å². The highest BCUT2D eigenvalue weighted by molar-refractivity contribution is 6.33. The number of hydrogen-bond donors (Lipinski definition) is 3. The normalized spacial score (nSPS) is 15.4. The van der Waals surface area contributed by atoms with Crippen LogP contribution in [0.4, 0.5) is 10.1 Å². The first-order valence-electron chi connectivity index (χ1n) is 12.3. The lowest BCUT2D eigenvalue weighted by Gasteiger charge is -2.37. The maximum Gasteiger partial charge on any atom is 0.254 e. The number of nitrogens with one attached hydrogen (secondary N) is 1. The number of piperazine rings is 1. The van der Waals surface area contributed by atoms with Crippen molar-refractivity contribution in [1.82, 2.24) is 10.2 Å². The van der Waals surface area contributed by atoms with Gasteiger partial charge in [0.1, 0.15) is 5.82 Å². The first kappa shape index (κ1) is 27.3. The van der Waals surface area contributed by atoms with Crippen molar-refractivity contribution in [2.75, 3.05) is 31.1 Å². The quantitative estimate of drug-likeness (QED) is 0.383. The number of halogens is 2. The molecule has 0 bridgehead atoms. The van der Waals surface area contributed by atoms with Crippen LogP contribution in [0.2, 0.25) is 5.02 Å². The molecule has 4 rings (SSSR count). The van der Waals surface area contributed by atoms with Crippen molar-refractivity contribution in [3.63, 3.8) is 0 Å². The number of aliphatic hydroxyl groups excluding tert-OH is 2. The van der Waals surface area contributed by atoms with Gasteiger partial charge in [-0.25, -0.2) is 4.39 Å². The van der Waals surface area contributed by atoms with Gasteiger partial charge in [-0.3, -0.25) is 9.59 Å². The van der Waals surface area contributed by atoms with Crippen LogP contribution in [0.5, 0.6) is 0 Å². The van der Waals surface area contributed by atoms with E-state index in [9.17, 15) is 24.2 Å². The van der Waals surface area contributed by atoms with Crippen LogP contribution >= 0.6 is 11.6 Å². The van der Waals surface area contributed by atoms with E-state index in [4.69, 9.17) is 11.6 Å². The van der Waals surface area contributed by atoms with E-state index in [2.05, 4.69) is 5.32 Å². The minimum atomic E-state index is -1.89. The van der Waals surface area contributed by atoms with Crippen LogP contribution in [-0.2, 0) is 16.1 Å². The Morgan fingerprint density at radius 2 is 1.45 bits per heavy atom. The van der Waals surface area contributed by atoms with Crippen LogP contribution in [0.1, 0.15) is 16.7 Å². The fourth-order valence-electron chi connectivity index (χ4n) is 4.15. The number of amides is 2. The fraction of sp³-hybridized carbons (Fsp3) is 0.241. The predicted molar refractivity (Wildman–Crippen MR) is 146 cm³/mol. The summed E-state index contributed by atoms with van der Waals surface area (Å²) in [4.78, 5) is 28.6. The third-order valence-electron chi connectivity index (χ3n) is 6.39. The van der Waals surface area contributed by atoms with Gasteiger partial charge >= 0.3 is 0 Å². The van der Waals surface area contributed by atoms with Gasteiger partial charge < -0.3 is 25.3 Å². The molecule has 2 amide bonds. The van der Waals surface area contributed by atoms with Gasteiger partial charge in [0, 0.05) is 32.7 Å². The Labute approximate surface area is 225 Å². The summed E-state index contributed by atoms with van der Waals surface area (Å²) >= 11 is 6.25. The largest absolute Gasteiger partial charge is 0.380 e. The Bertz CT molecular complexity index is 1280. The summed E-state index contributed by atoms with van der Waals surface area (Å²) in [5, 5.41) is 23.9. The molecule has 1 aliphatic heterocycles. The minimum absolute atomic E-state index is 0.120. The average Bonchev–Trinajstić information content (AvgIpc) is 2.95. The van der Waals surface area contributed by atoms with Crippen molar-refractivity contribution in [3.05, 3.63) is 100 Å². The van der Waals surface area contributed by atoms with Crippen molar-refractivity contribution >= 4 is 41.3 Å². The third-order valence-corrected chi connectivity index (χ3v) is 6.71. The summed E-state index contributed by atoms with van der Waals surface area (Å²) in [6.45, 7) is 1.81. The summed E-state index contributed by atoms with van der Waals surface area (Å²) in [7, 11) is 0. The monoisotopic (exact) mass is 537 g/mol. The zero-order valence-electron chi connectivity index (χ0n) is 20.6. The van der Waals surface area contributed by atoms with Gasteiger partial charge in [0.25, 0.3) is 11.8 Å². The lowest BCUT2D eigenvalue weighted by Crippen LogP contribution is -2.55. The van der Waals surface area contributed by atoms with Gasteiger partial charge in [0.05, 0.1) is 10.7 Å². The van der Waals surface area contributed by atoms with E-state index >= 15 is 0 Å². The molecule has 1 fully saturated rings. The molecule has 38 heavy (non-hydrogen) atoms. The number of carbonyl (C=O) groups excluding carboxylic acids is 2. The van der Waals surface area contributed by atoms with Crippen molar-refractivity contribution in [1.29, 1.82) is 0 Å². The van der Waals surface area contributed by atoms with Crippen molar-refractivity contribution in [2.45, 2.75) is 18.8 Å². The van der Waals surface area contributed by atoms with Gasteiger partial charge in [-0.2, -0.15) is 0 Å². The molecule has 1 heterocycles. The van der Waals surface area contributed by atoms with Gasteiger partial charge in [-0.05, 0) is 41.0 Å². The number of para-hydroxylation sites is 1. The van der Waals surface area contributed by atoms with E-state index < -0.39 is 24.0 Å². The molecule has 3 aromatic carbocycles. The van der Waals surface area contributed by atoms with E-state index in [1.54, 1.807) is 18.2 Å². The Morgan fingerprint density at radius 3 is 2.05 bits per heavy atom. The van der Waals surface area contributed by atoms with Crippen LogP contribution in [0.25, 0.3) is 12.2 Å². The molecule has 0 spiro atoms. The average molecular weight is 538 g/mol. The standard InChI is InChI=1S/C29H29ClFN3O4/c30-24-3-1-2-4-25(24)33-15-17-34(18-16-33)29(38)27(36)26(35)28(37)32-19-22-9-7-20(8-10-22)5-6-21-11-13-23(31)14-12-21/h1-14,26-27,35-36H,15-19H2,(H,32,37)/b6-5+/t26-,27-/m1/s1. The van der Waals surface area contributed by atoms with Crippen LogP contribution in [0.15, 0.2) is 72.8 Å². The molecular weight excluding hydrogens is 509 g/mol. The topological polar surface area (TPSA) is 93.1 Å². The number of carbonyl (C=O) groups is 2. The molecule has 2 atom stereocenters. The molecule has 1 saturated heterocycles. The van der Waals surface area contributed by atoms with Crippen LogP contribution in [-0.4, -0.2) is 65.3 Å². The molecule has 3 N–H and O–H groups in total. The summed E-state index contributed by atoms with van der Waals surface area (Å²) in [5.74, 6) is -1.81. The summed E-state index contributed by atoms with van der Waals surface area (Å²) < 4.78 is 13.0. The number of anilines is 1. The van der Waals surface area contributed by atoms with Gasteiger partial charge in [-0.15, -0.1) is 0 Å². The molecule has 0 aromatic heterocycles. The molecular formula is C29H29ClFN3O4. The second-order valence-electron chi connectivity index (χ2n) is 9.00. The molecule has 1 aliphatic rings. The molecule has 0 radical (unpaired) electrons. The number of rotatable bonds is 8. The smallest absolute Gasteiger partial charge is 0.254 e. The Kier molecular flexibility index (Phi) is 9.12. The zero-order valence-corrected chi connectivity index (χ0v) is 21.4. The van der Waals surface area contributed by atoms with Crippen LogP contribution < -0.4 is 10.2 Å². The summed E-state index contributed by atoms with van der Waals surface area (Å²) in [6.07, 6.45) is -0.0000971. The highest BCUT2D eigenvalue weighted by Gasteiger charge is 2.34. The van der Waals surface area contributed by atoms with Crippen LogP contribution in [0, 0.1) is 5.82 Å². The third kappa shape index (κ3) is 6.98. The number of aliphatic hydroxyl groups is 2. The first-order chi connectivity index (χ1) is 18.3. The summed E-state index contributed by atoms with van der Waals surface area (Å²) in [5.41, 5.74) is 3.44. The fourth-order valence-corrected chi connectivity index (χ4v) is 4.40. The highest BCUT2D eigenvalue weighted by atomic mass is 35.5. The maximum absolute atomic E-state index is 13.0. The molecule has 3 aromatic rings. The Balaban J connectivity index is 1.24.